The summed E-state index contributed by atoms with van der Waals surface area (Å²) in [5, 5.41) is 6.35. The molecule has 0 unspecified atom stereocenters. The smallest absolute Gasteiger partial charge is 0.333 e. The second-order valence-corrected chi connectivity index (χ2v) is 5.46. The van der Waals surface area contributed by atoms with Gasteiger partial charge in [0.05, 0.1) is 17.9 Å². The number of benzene rings is 1. The van der Waals surface area contributed by atoms with E-state index in [1.165, 1.54) is 30.3 Å². The van der Waals surface area contributed by atoms with E-state index >= 15 is 0 Å². The van der Waals surface area contributed by atoms with Crippen LogP contribution in [0.2, 0.25) is 0 Å². The molecular weight excluding hydrogens is 359 g/mol. The van der Waals surface area contributed by atoms with Crippen LogP contribution in [0.1, 0.15) is 12.2 Å². The van der Waals surface area contributed by atoms with Gasteiger partial charge < -0.3 is 5.32 Å². The van der Waals surface area contributed by atoms with E-state index in [1.54, 1.807) is 6.07 Å². The minimum atomic E-state index is -2.79. The maximum atomic E-state index is 13.2. The van der Waals surface area contributed by atoms with Gasteiger partial charge in [0.15, 0.2) is 5.82 Å². The molecule has 0 radical (unpaired) electrons. The fourth-order valence-electron chi connectivity index (χ4n) is 2.29. The van der Waals surface area contributed by atoms with Gasteiger partial charge in [-0.05, 0) is 42.5 Å². The summed E-state index contributed by atoms with van der Waals surface area (Å²) in [7, 11) is 0. The van der Waals surface area contributed by atoms with E-state index in [9.17, 15) is 18.0 Å². The summed E-state index contributed by atoms with van der Waals surface area (Å²) < 4.78 is 39.2. The highest BCUT2D eigenvalue weighted by Gasteiger charge is 2.14. The van der Waals surface area contributed by atoms with Crippen molar-refractivity contribution in [1.29, 1.82) is 0 Å². The standard InChI is InChI=1S/C18H14F3N5O/c1-2-16(27)22-10-13-9-15(11-3-5-12(19)6-4-11)24-17(23-13)14-7-8-26(25-14)18(20)21/h2-9,18H,1,10H2,(H,22,27). The number of hydrogen-bond donors (Lipinski definition) is 1. The van der Waals surface area contributed by atoms with Crippen LogP contribution in [0.4, 0.5) is 13.2 Å². The second kappa shape index (κ2) is 7.81. The van der Waals surface area contributed by atoms with Crippen LogP contribution in [-0.4, -0.2) is 25.7 Å². The van der Waals surface area contributed by atoms with E-state index in [-0.39, 0.29) is 24.0 Å². The van der Waals surface area contributed by atoms with Gasteiger partial charge in [0.1, 0.15) is 11.5 Å². The van der Waals surface area contributed by atoms with Gasteiger partial charge in [-0.3, -0.25) is 4.79 Å². The lowest BCUT2D eigenvalue weighted by Gasteiger charge is -2.08. The molecule has 2 heterocycles. The van der Waals surface area contributed by atoms with Crippen LogP contribution < -0.4 is 5.32 Å². The first-order chi connectivity index (χ1) is 13.0. The van der Waals surface area contributed by atoms with Crippen molar-refractivity contribution in [1.82, 2.24) is 25.1 Å². The van der Waals surface area contributed by atoms with Gasteiger partial charge in [0, 0.05) is 11.8 Å². The first kappa shape index (κ1) is 18.3. The minimum Gasteiger partial charge on any atom is -0.347 e. The maximum Gasteiger partial charge on any atom is 0.333 e. The first-order valence-corrected chi connectivity index (χ1v) is 7.84. The van der Waals surface area contributed by atoms with Crippen molar-refractivity contribution in [2.24, 2.45) is 0 Å². The van der Waals surface area contributed by atoms with Crippen molar-refractivity contribution in [3.05, 3.63) is 66.8 Å². The summed E-state index contributed by atoms with van der Waals surface area (Å²) in [6.07, 6.45) is 2.24. The lowest BCUT2D eigenvalue weighted by atomic mass is 10.1. The molecule has 0 saturated carbocycles. The van der Waals surface area contributed by atoms with Crippen molar-refractivity contribution >= 4 is 5.91 Å². The fraction of sp³-hybridized carbons (Fsp3) is 0.111. The van der Waals surface area contributed by atoms with Crippen molar-refractivity contribution < 1.29 is 18.0 Å². The molecule has 0 aliphatic heterocycles. The third-order valence-electron chi connectivity index (χ3n) is 3.59. The normalized spacial score (nSPS) is 10.8. The number of alkyl halides is 2. The highest BCUT2D eigenvalue weighted by Crippen LogP contribution is 2.23. The molecule has 1 N–H and O–H groups in total. The molecular formula is C18H14F3N5O. The zero-order chi connectivity index (χ0) is 19.4. The number of halogens is 3. The highest BCUT2D eigenvalue weighted by atomic mass is 19.3. The van der Waals surface area contributed by atoms with Gasteiger partial charge in [-0.15, -0.1) is 0 Å². The molecule has 9 heteroatoms. The molecule has 0 atom stereocenters. The highest BCUT2D eigenvalue weighted by molar-refractivity contribution is 5.86. The van der Waals surface area contributed by atoms with Gasteiger partial charge in [0.25, 0.3) is 0 Å². The molecule has 0 saturated heterocycles. The lowest BCUT2D eigenvalue weighted by molar-refractivity contribution is -0.116. The zero-order valence-corrected chi connectivity index (χ0v) is 13.9. The second-order valence-electron chi connectivity index (χ2n) is 5.46. The Morgan fingerprint density at radius 1 is 1.19 bits per heavy atom. The Bertz CT molecular complexity index is 969. The van der Waals surface area contributed by atoms with Gasteiger partial charge >= 0.3 is 6.55 Å². The Balaban J connectivity index is 2.02. The van der Waals surface area contributed by atoms with Crippen LogP contribution in [0.25, 0.3) is 22.8 Å². The molecule has 6 nitrogen and oxygen atoms in total. The monoisotopic (exact) mass is 373 g/mol. The molecule has 0 aliphatic rings. The van der Waals surface area contributed by atoms with Gasteiger partial charge in [-0.25, -0.2) is 19.0 Å². The molecule has 0 aliphatic carbocycles. The van der Waals surface area contributed by atoms with Crippen molar-refractivity contribution in [2.45, 2.75) is 13.1 Å². The summed E-state index contributed by atoms with van der Waals surface area (Å²) in [5.41, 5.74) is 1.62. The number of amides is 1. The van der Waals surface area contributed by atoms with Gasteiger partial charge in [-0.2, -0.15) is 13.9 Å². The van der Waals surface area contributed by atoms with Crippen LogP contribution in [-0.2, 0) is 11.3 Å². The number of aromatic nitrogens is 4. The lowest BCUT2D eigenvalue weighted by Crippen LogP contribution is -2.21. The fourth-order valence-corrected chi connectivity index (χ4v) is 2.29. The third-order valence-corrected chi connectivity index (χ3v) is 3.59. The summed E-state index contributed by atoms with van der Waals surface area (Å²) in [6.45, 7) is 0.653. The van der Waals surface area contributed by atoms with Crippen LogP contribution in [0.15, 0.2) is 55.3 Å². The zero-order valence-electron chi connectivity index (χ0n) is 13.9. The molecule has 2 aromatic heterocycles. The Hall–Kier alpha value is -3.49. The average Bonchev–Trinajstić information content (AvgIpc) is 3.17. The summed E-state index contributed by atoms with van der Waals surface area (Å²) in [4.78, 5) is 20.0. The largest absolute Gasteiger partial charge is 0.347 e. The van der Waals surface area contributed by atoms with Crippen molar-refractivity contribution in [3.63, 3.8) is 0 Å². The molecule has 27 heavy (non-hydrogen) atoms. The van der Waals surface area contributed by atoms with Crippen molar-refractivity contribution in [2.75, 3.05) is 0 Å². The van der Waals surface area contributed by atoms with E-state index < -0.39 is 12.4 Å². The van der Waals surface area contributed by atoms with E-state index in [0.717, 1.165) is 12.3 Å². The number of rotatable bonds is 6. The number of nitrogens with one attached hydrogen (secondary N) is 1. The third kappa shape index (κ3) is 4.38. The van der Waals surface area contributed by atoms with Crippen molar-refractivity contribution in [3.8, 4) is 22.8 Å². The van der Waals surface area contributed by atoms with Crippen LogP contribution >= 0.6 is 0 Å². The predicted molar refractivity (Wildman–Crippen MR) is 91.9 cm³/mol. The molecule has 0 bridgehead atoms. The van der Waals surface area contributed by atoms with E-state index in [2.05, 4.69) is 27.0 Å². The SMILES string of the molecule is C=CC(=O)NCc1cc(-c2ccc(F)cc2)nc(-c2ccn(C(F)F)n2)n1. The van der Waals surface area contributed by atoms with E-state index in [0.29, 0.717) is 21.6 Å². The maximum absolute atomic E-state index is 13.2. The Kier molecular flexibility index (Phi) is 5.30. The van der Waals surface area contributed by atoms with Crippen LogP contribution in [0.3, 0.4) is 0 Å². The topological polar surface area (TPSA) is 72.7 Å². The molecule has 1 aromatic carbocycles. The Morgan fingerprint density at radius 3 is 2.56 bits per heavy atom. The van der Waals surface area contributed by atoms with Crippen LogP contribution in [0.5, 0.6) is 0 Å². The molecule has 138 valence electrons. The minimum absolute atomic E-state index is 0.0735. The molecule has 1 amide bonds. The average molecular weight is 373 g/mol. The number of nitrogens with zero attached hydrogens (tertiary/aromatic N) is 4. The Morgan fingerprint density at radius 2 is 1.93 bits per heavy atom. The van der Waals surface area contributed by atoms with Gasteiger partial charge in [0.2, 0.25) is 5.91 Å². The molecule has 0 spiro atoms. The number of hydrogen-bond acceptors (Lipinski definition) is 4. The number of carbonyl (C=O) groups excluding carboxylic acids is 1. The molecule has 3 rings (SSSR count). The summed E-state index contributed by atoms with van der Waals surface area (Å²) in [5.74, 6) is -0.679. The van der Waals surface area contributed by atoms with Gasteiger partial charge in [-0.1, -0.05) is 6.58 Å². The predicted octanol–water partition coefficient (Wildman–Crippen LogP) is 3.34. The first-order valence-electron chi connectivity index (χ1n) is 7.84. The summed E-state index contributed by atoms with van der Waals surface area (Å²) >= 11 is 0. The summed E-state index contributed by atoms with van der Waals surface area (Å²) in [6, 6.07) is 8.60. The Labute approximate surface area is 152 Å². The molecule has 0 fully saturated rings. The molecule has 3 aromatic rings. The van der Waals surface area contributed by atoms with Crippen LogP contribution in [0, 0.1) is 5.82 Å². The number of carbonyl (C=O) groups is 1. The van der Waals surface area contributed by atoms with E-state index in [1.807, 2.05) is 0 Å². The van der Waals surface area contributed by atoms with E-state index in [4.69, 9.17) is 0 Å². The quantitative estimate of drug-likeness (QED) is 0.673.